The monoisotopic (exact) mass is 807 g/mol. The number of hydrogen-bond donors (Lipinski definition) is 0. The van der Waals surface area contributed by atoms with Crippen molar-refractivity contribution in [3.05, 3.63) is 85.1 Å². The van der Waals surface area contributed by atoms with Crippen molar-refractivity contribution in [1.82, 2.24) is 0 Å². The molecule has 0 fully saturated rings. The van der Waals surface area contributed by atoms with Crippen LogP contribution in [0.15, 0.2) is 85.1 Å². The topological polar surface area (TPSA) is 78.9 Å². The van der Waals surface area contributed by atoms with Gasteiger partial charge in [-0.1, -0.05) is 170 Å². The van der Waals surface area contributed by atoms with Crippen LogP contribution in [0.5, 0.6) is 0 Å². The normalized spacial score (nSPS) is 12.8. The second kappa shape index (κ2) is 46.3. The maximum atomic E-state index is 12.7. The molecule has 0 aliphatic rings. The number of rotatable bonds is 41. The molecule has 0 saturated carbocycles. The first-order valence-electron chi connectivity index (χ1n) is 23.6. The van der Waals surface area contributed by atoms with Crippen LogP contribution in [0, 0.1) is 0 Å². The van der Waals surface area contributed by atoms with Gasteiger partial charge in [0.25, 0.3) is 0 Å². The smallest absolute Gasteiger partial charge is 0.306 e. The van der Waals surface area contributed by atoms with Crippen molar-refractivity contribution in [2.45, 2.75) is 213 Å². The van der Waals surface area contributed by atoms with Crippen molar-refractivity contribution in [1.29, 1.82) is 0 Å². The van der Waals surface area contributed by atoms with Gasteiger partial charge >= 0.3 is 17.9 Å². The second-order valence-electron chi connectivity index (χ2n) is 15.2. The Hall–Kier alpha value is -3.41. The largest absolute Gasteiger partial charge is 0.462 e. The van der Waals surface area contributed by atoms with E-state index < -0.39 is 6.10 Å². The number of carbonyl (C=O) groups excluding carboxylic acids is 3. The van der Waals surface area contributed by atoms with E-state index in [0.717, 1.165) is 109 Å². The van der Waals surface area contributed by atoms with Crippen LogP contribution in [0.2, 0.25) is 0 Å². The second-order valence-corrected chi connectivity index (χ2v) is 15.2. The summed E-state index contributed by atoms with van der Waals surface area (Å²) in [6, 6.07) is 0. The summed E-state index contributed by atoms with van der Waals surface area (Å²) in [7, 11) is 0. The van der Waals surface area contributed by atoms with Gasteiger partial charge in [0.05, 0.1) is 0 Å². The third-order valence-corrected chi connectivity index (χ3v) is 9.61. The Balaban J connectivity index is 4.44. The Bertz CT molecular complexity index is 1160. The highest BCUT2D eigenvalue weighted by Gasteiger charge is 2.19. The molecular weight excluding hydrogens is 721 g/mol. The van der Waals surface area contributed by atoms with Crippen LogP contribution in [0.25, 0.3) is 0 Å². The van der Waals surface area contributed by atoms with Gasteiger partial charge in [0.2, 0.25) is 0 Å². The average molecular weight is 807 g/mol. The van der Waals surface area contributed by atoms with Crippen LogP contribution in [-0.2, 0) is 28.6 Å². The van der Waals surface area contributed by atoms with Gasteiger partial charge in [-0.2, -0.15) is 0 Å². The van der Waals surface area contributed by atoms with E-state index in [1.165, 1.54) is 51.4 Å². The molecule has 0 aromatic carbocycles. The van der Waals surface area contributed by atoms with E-state index >= 15 is 0 Å². The Labute approximate surface area is 356 Å². The molecule has 1 atom stereocenters. The van der Waals surface area contributed by atoms with Gasteiger partial charge in [0, 0.05) is 19.3 Å². The highest BCUT2D eigenvalue weighted by molar-refractivity contribution is 5.71. The molecule has 0 rings (SSSR count). The summed E-state index contributed by atoms with van der Waals surface area (Å²) < 4.78 is 16.7. The van der Waals surface area contributed by atoms with Crippen molar-refractivity contribution in [3.8, 4) is 0 Å². The third kappa shape index (κ3) is 43.7. The van der Waals surface area contributed by atoms with Crippen LogP contribution in [0.1, 0.15) is 207 Å². The molecule has 0 radical (unpaired) electrons. The third-order valence-electron chi connectivity index (χ3n) is 9.61. The summed E-state index contributed by atoms with van der Waals surface area (Å²) >= 11 is 0. The van der Waals surface area contributed by atoms with Crippen LogP contribution in [0.4, 0.5) is 0 Å². The number of ether oxygens (including phenoxy) is 3. The van der Waals surface area contributed by atoms with Crippen molar-refractivity contribution in [2.75, 3.05) is 13.2 Å². The van der Waals surface area contributed by atoms with Gasteiger partial charge in [-0.3, -0.25) is 14.4 Å². The first kappa shape index (κ1) is 54.6. The highest BCUT2D eigenvalue weighted by Crippen LogP contribution is 2.13. The Morgan fingerprint density at radius 3 is 1.12 bits per heavy atom. The molecule has 6 heteroatoms. The molecule has 6 nitrogen and oxygen atoms in total. The zero-order valence-electron chi connectivity index (χ0n) is 37.5. The van der Waals surface area contributed by atoms with Crippen molar-refractivity contribution in [3.63, 3.8) is 0 Å². The molecule has 0 spiro atoms. The molecule has 330 valence electrons. The van der Waals surface area contributed by atoms with E-state index in [0.29, 0.717) is 19.3 Å². The molecule has 0 N–H and O–H groups in total. The Morgan fingerprint density at radius 1 is 0.362 bits per heavy atom. The van der Waals surface area contributed by atoms with Gasteiger partial charge < -0.3 is 14.2 Å². The molecule has 0 aromatic rings. The van der Waals surface area contributed by atoms with E-state index in [4.69, 9.17) is 14.2 Å². The number of carbonyl (C=O) groups is 3. The lowest BCUT2D eigenvalue weighted by Crippen LogP contribution is -2.30. The molecule has 0 aliphatic heterocycles. The summed E-state index contributed by atoms with van der Waals surface area (Å²) in [6.45, 7) is 6.30. The standard InChI is InChI=1S/C52H86O6/c1-4-7-10-13-16-19-22-24-25-26-27-28-31-33-36-39-42-45-51(54)57-48-49(47-56-50(53)44-41-38-35-32-29-21-18-15-12-9-6-3)58-52(55)46-43-40-37-34-30-23-20-17-14-11-8-5-2/h8-9,11-12,16-21,24-25,32,35,49H,4-7,10,13-15,22-23,26-31,33-34,36-48H2,1-3H3/b11-8-,12-9-,19-16-,20-17-,21-18-,25-24-,35-32-. The van der Waals surface area contributed by atoms with Crippen molar-refractivity contribution >= 4 is 17.9 Å². The van der Waals surface area contributed by atoms with Gasteiger partial charge in [-0.15, -0.1) is 0 Å². The SMILES string of the molecule is CC/C=C\C/C=C\C/C=C\CCCC(=O)OCC(COC(=O)CCCCCCCCC/C=C\C/C=C\CCCCC)OC(=O)CCCCCCC/C=C\C/C=C\CC. The molecule has 0 bridgehead atoms. The summed E-state index contributed by atoms with van der Waals surface area (Å²) in [5, 5.41) is 0. The molecule has 0 amide bonds. The van der Waals surface area contributed by atoms with E-state index in [9.17, 15) is 14.4 Å². The van der Waals surface area contributed by atoms with E-state index in [2.05, 4.69) is 106 Å². The average Bonchev–Trinajstić information content (AvgIpc) is 3.22. The minimum Gasteiger partial charge on any atom is -0.462 e. The fourth-order valence-corrected chi connectivity index (χ4v) is 6.12. The molecule has 0 aliphatic carbocycles. The minimum atomic E-state index is -0.805. The number of hydrogen-bond acceptors (Lipinski definition) is 6. The quantitative estimate of drug-likeness (QED) is 0.0265. The summed E-state index contributed by atoms with van der Waals surface area (Å²) in [4.78, 5) is 37.8. The lowest BCUT2D eigenvalue weighted by molar-refractivity contribution is -0.167. The number of allylic oxidation sites excluding steroid dienone is 14. The Kier molecular flexibility index (Phi) is 43.6. The number of unbranched alkanes of at least 4 members (excludes halogenated alkanes) is 16. The summed E-state index contributed by atoms with van der Waals surface area (Å²) in [6.07, 6.45) is 58.6. The van der Waals surface area contributed by atoms with Gasteiger partial charge in [0.15, 0.2) is 6.10 Å². The molecule has 58 heavy (non-hydrogen) atoms. The zero-order valence-corrected chi connectivity index (χ0v) is 37.5. The van der Waals surface area contributed by atoms with E-state index in [1.54, 1.807) is 0 Å². The van der Waals surface area contributed by atoms with Gasteiger partial charge in [0.1, 0.15) is 13.2 Å². The summed E-state index contributed by atoms with van der Waals surface area (Å²) in [5.41, 5.74) is 0. The maximum absolute atomic E-state index is 12.7. The molecule has 0 saturated heterocycles. The first-order valence-corrected chi connectivity index (χ1v) is 23.6. The van der Waals surface area contributed by atoms with Gasteiger partial charge in [-0.25, -0.2) is 0 Å². The first-order chi connectivity index (χ1) is 28.5. The fraction of sp³-hybridized carbons (Fsp3) is 0.673. The van der Waals surface area contributed by atoms with Crippen molar-refractivity contribution in [2.24, 2.45) is 0 Å². The lowest BCUT2D eigenvalue weighted by Gasteiger charge is -2.18. The Morgan fingerprint density at radius 2 is 0.690 bits per heavy atom. The molecule has 0 aromatic heterocycles. The predicted octanol–water partition coefficient (Wildman–Crippen LogP) is 15.3. The van der Waals surface area contributed by atoms with Crippen LogP contribution in [0.3, 0.4) is 0 Å². The molecule has 1 unspecified atom stereocenters. The van der Waals surface area contributed by atoms with Crippen LogP contribution < -0.4 is 0 Å². The molecule has 0 heterocycles. The highest BCUT2D eigenvalue weighted by atomic mass is 16.6. The zero-order chi connectivity index (χ0) is 42.3. The summed E-state index contributed by atoms with van der Waals surface area (Å²) in [5.74, 6) is -0.989. The van der Waals surface area contributed by atoms with E-state index in [-0.39, 0.29) is 37.5 Å². The predicted molar refractivity (Wildman–Crippen MR) is 247 cm³/mol. The van der Waals surface area contributed by atoms with Crippen LogP contribution in [-0.4, -0.2) is 37.2 Å². The van der Waals surface area contributed by atoms with Crippen LogP contribution >= 0.6 is 0 Å². The van der Waals surface area contributed by atoms with E-state index in [1.807, 2.05) is 0 Å². The van der Waals surface area contributed by atoms with Gasteiger partial charge in [-0.05, 0) is 103 Å². The number of esters is 3. The molecular formula is C52H86O6. The lowest BCUT2D eigenvalue weighted by atomic mass is 10.1. The fourth-order valence-electron chi connectivity index (χ4n) is 6.12. The minimum absolute atomic E-state index is 0.103. The maximum Gasteiger partial charge on any atom is 0.306 e. The van der Waals surface area contributed by atoms with Crippen molar-refractivity contribution < 1.29 is 28.6 Å².